The van der Waals surface area contributed by atoms with Gasteiger partial charge in [-0.15, -0.1) is 0 Å². The van der Waals surface area contributed by atoms with Crippen molar-refractivity contribution in [1.29, 1.82) is 0 Å². The lowest BCUT2D eigenvalue weighted by molar-refractivity contribution is -0.155. The molecule has 1 aromatic carbocycles. The van der Waals surface area contributed by atoms with Crippen LogP contribution in [0, 0.1) is 18.8 Å². The summed E-state index contributed by atoms with van der Waals surface area (Å²) in [7, 11) is 0. The molecule has 5 rings (SSSR count). The first-order valence-electron chi connectivity index (χ1n) is 12.0. The Morgan fingerprint density at radius 1 is 1.23 bits per heavy atom. The van der Waals surface area contributed by atoms with E-state index in [0.29, 0.717) is 23.6 Å². The molecule has 0 saturated carbocycles. The Morgan fingerprint density at radius 3 is 2.74 bits per heavy atom. The number of fused-ring (bicyclic) bond motifs is 2. The Kier molecular flexibility index (Phi) is 6.23. The van der Waals surface area contributed by atoms with Crippen molar-refractivity contribution in [2.45, 2.75) is 50.5 Å². The third-order valence-electron chi connectivity index (χ3n) is 7.59. The van der Waals surface area contributed by atoms with Gasteiger partial charge in [-0.25, -0.2) is 0 Å². The number of carbonyl (C=O) groups is 3. The minimum Gasteiger partial charge on any atom is -0.465 e. The molecule has 35 heavy (non-hydrogen) atoms. The number of anilines is 1. The lowest BCUT2D eigenvalue weighted by atomic mass is 9.77. The zero-order valence-corrected chi connectivity index (χ0v) is 20.5. The van der Waals surface area contributed by atoms with E-state index in [4.69, 9.17) is 21.1 Å². The van der Waals surface area contributed by atoms with Crippen molar-refractivity contribution in [2.24, 2.45) is 11.8 Å². The fourth-order valence-corrected chi connectivity index (χ4v) is 6.34. The Balaban J connectivity index is 1.68. The second-order valence-corrected chi connectivity index (χ2v) is 9.88. The molecule has 1 N–H and O–H groups in total. The van der Waals surface area contributed by atoms with E-state index in [1.807, 2.05) is 32.1 Å². The molecule has 2 fully saturated rings. The number of halogens is 1. The van der Waals surface area contributed by atoms with Gasteiger partial charge in [0.05, 0.1) is 42.0 Å². The number of benzene rings is 1. The Hall–Kier alpha value is -2.68. The molecule has 1 unspecified atom stereocenters. The maximum absolute atomic E-state index is 14.3. The van der Waals surface area contributed by atoms with E-state index in [0.717, 1.165) is 5.56 Å². The highest BCUT2D eigenvalue weighted by atomic mass is 35.5. The van der Waals surface area contributed by atoms with Crippen LogP contribution in [0.5, 0.6) is 0 Å². The molecule has 2 amide bonds. The molecule has 0 bridgehead atoms. The van der Waals surface area contributed by atoms with Gasteiger partial charge in [-0.1, -0.05) is 55.0 Å². The van der Waals surface area contributed by atoms with Crippen LogP contribution in [0.15, 0.2) is 42.5 Å². The van der Waals surface area contributed by atoms with Crippen LogP contribution in [0.3, 0.4) is 0 Å². The number of hydrogen-bond donors (Lipinski definition) is 1. The number of aliphatic hydroxyl groups excluding tert-OH is 1. The maximum Gasteiger partial charge on any atom is 0.312 e. The van der Waals surface area contributed by atoms with E-state index >= 15 is 0 Å². The number of nitrogens with zero attached hydrogens (tertiary/aromatic N) is 2. The number of hydrogen-bond acceptors (Lipinski definition) is 6. The summed E-state index contributed by atoms with van der Waals surface area (Å²) in [5, 5.41) is 10.6. The number of para-hydroxylation sites is 1. The summed E-state index contributed by atoms with van der Waals surface area (Å²) in [4.78, 5) is 44.4. The largest absolute Gasteiger partial charge is 0.465 e. The van der Waals surface area contributed by atoms with Crippen molar-refractivity contribution >= 4 is 35.1 Å². The van der Waals surface area contributed by atoms with E-state index in [9.17, 15) is 19.5 Å². The van der Waals surface area contributed by atoms with Crippen molar-refractivity contribution in [3.05, 3.63) is 53.1 Å². The summed E-state index contributed by atoms with van der Waals surface area (Å²) in [6.45, 7) is 3.85. The van der Waals surface area contributed by atoms with Gasteiger partial charge in [0.15, 0.2) is 0 Å². The quantitative estimate of drug-likeness (QED) is 0.504. The predicted octanol–water partition coefficient (Wildman–Crippen LogP) is 2.41. The fourth-order valence-electron chi connectivity index (χ4n) is 6.02. The lowest BCUT2D eigenvalue weighted by Gasteiger charge is -2.38. The molecule has 4 aliphatic heterocycles. The summed E-state index contributed by atoms with van der Waals surface area (Å²) >= 11 is 6.53. The average molecular weight is 501 g/mol. The number of esters is 1. The monoisotopic (exact) mass is 500 g/mol. The first-order valence-corrected chi connectivity index (χ1v) is 12.4. The standard InChI is InChI=1S/C26H29ClN2O6/c1-3-16(14-30)29-22-24(32)28(21-15(2)8-6-9-17(21)27)12-7-11-26(22)20(23(29)31)19-18(35-26)10-4-5-13-34-25(19)33/h4,6-11,16,18-20,22,30H,3,5,12-14H2,1-2H3/t16-,18+,19-,20-,22?,26-/m0/s1. The van der Waals surface area contributed by atoms with E-state index in [1.54, 1.807) is 29.2 Å². The molecule has 4 heterocycles. The zero-order valence-electron chi connectivity index (χ0n) is 19.7. The number of amides is 2. The second-order valence-electron chi connectivity index (χ2n) is 9.47. The minimum absolute atomic E-state index is 0.224. The van der Waals surface area contributed by atoms with Crippen molar-refractivity contribution < 1.29 is 29.0 Å². The van der Waals surface area contributed by atoms with Gasteiger partial charge >= 0.3 is 5.97 Å². The molecule has 2 saturated heterocycles. The van der Waals surface area contributed by atoms with Gasteiger partial charge in [0.1, 0.15) is 17.6 Å². The van der Waals surface area contributed by atoms with E-state index in [1.165, 1.54) is 4.90 Å². The second kappa shape index (κ2) is 9.08. The van der Waals surface area contributed by atoms with E-state index in [-0.39, 0.29) is 31.6 Å². The number of likely N-dealkylation sites (tertiary alicyclic amines) is 1. The minimum atomic E-state index is -1.37. The number of carbonyl (C=O) groups excluding carboxylic acids is 3. The molecule has 8 nitrogen and oxygen atoms in total. The van der Waals surface area contributed by atoms with Crippen LogP contribution in [0.4, 0.5) is 5.69 Å². The third kappa shape index (κ3) is 3.53. The number of cyclic esters (lactones) is 1. The van der Waals surface area contributed by atoms with Crippen LogP contribution in [0.1, 0.15) is 25.3 Å². The summed E-state index contributed by atoms with van der Waals surface area (Å²) in [5.74, 6) is -3.07. The topological polar surface area (TPSA) is 96.4 Å². The molecule has 9 heteroatoms. The van der Waals surface area contributed by atoms with Crippen molar-refractivity contribution in [3.63, 3.8) is 0 Å². The molecule has 0 aromatic heterocycles. The highest BCUT2D eigenvalue weighted by Crippen LogP contribution is 2.54. The van der Waals surface area contributed by atoms with Crippen LogP contribution in [0.2, 0.25) is 5.02 Å². The summed E-state index contributed by atoms with van der Waals surface area (Å²) in [6.07, 6.45) is 7.54. The zero-order chi connectivity index (χ0) is 24.9. The van der Waals surface area contributed by atoms with Crippen LogP contribution in [0.25, 0.3) is 0 Å². The number of ether oxygens (including phenoxy) is 2. The Morgan fingerprint density at radius 2 is 2.03 bits per heavy atom. The molecular weight excluding hydrogens is 472 g/mol. The SMILES string of the molecule is CC[C@@H](CO)N1C(=O)[C@@H]2[C@H]3C(=O)OCCC=C[C@H]3O[C@@]23C=CCN(c2c(C)cccc2Cl)C(=O)C13. The van der Waals surface area contributed by atoms with Crippen LogP contribution in [-0.2, 0) is 23.9 Å². The summed E-state index contributed by atoms with van der Waals surface area (Å²) in [5.41, 5.74) is 0.0124. The summed E-state index contributed by atoms with van der Waals surface area (Å²) in [6, 6.07) is 3.73. The van der Waals surface area contributed by atoms with Crippen LogP contribution in [-0.4, -0.2) is 71.3 Å². The number of aliphatic hydroxyl groups is 1. The van der Waals surface area contributed by atoms with Gasteiger partial charge in [-0.05, 0) is 31.4 Å². The average Bonchev–Trinajstić information content (AvgIpc) is 3.20. The smallest absolute Gasteiger partial charge is 0.312 e. The Bertz CT molecular complexity index is 1090. The first-order chi connectivity index (χ1) is 16.9. The normalized spacial score (nSPS) is 33.0. The molecule has 6 atom stereocenters. The first kappa shape index (κ1) is 24.0. The molecule has 0 radical (unpaired) electrons. The van der Waals surface area contributed by atoms with Gasteiger partial charge in [0.2, 0.25) is 5.91 Å². The number of aryl methyl sites for hydroxylation is 1. The van der Waals surface area contributed by atoms with Crippen molar-refractivity contribution in [1.82, 2.24) is 4.90 Å². The fraction of sp³-hybridized carbons (Fsp3) is 0.500. The molecule has 4 aliphatic rings. The van der Waals surface area contributed by atoms with Gasteiger partial charge in [-0.2, -0.15) is 0 Å². The third-order valence-corrected chi connectivity index (χ3v) is 7.90. The van der Waals surface area contributed by atoms with Gasteiger partial charge in [0.25, 0.3) is 5.91 Å². The van der Waals surface area contributed by atoms with Crippen molar-refractivity contribution in [2.75, 3.05) is 24.7 Å². The predicted molar refractivity (Wildman–Crippen MR) is 129 cm³/mol. The van der Waals surface area contributed by atoms with Crippen LogP contribution < -0.4 is 4.90 Å². The number of rotatable bonds is 4. The summed E-state index contributed by atoms with van der Waals surface area (Å²) < 4.78 is 12.0. The van der Waals surface area contributed by atoms with Crippen molar-refractivity contribution in [3.8, 4) is 0 Å². The van der Waals surface area contributed by atoms with Crippen LogP contribution >= 0.6 is 11.6 Å². The van der Waals surface area contributed by atoms with E-state index < -0.39 is 41.6 Å². The van der Waals surface area contributed by atoms with Gasteiger partial charge in [0, 0.05) is 6.54 Å². The maximum atomic E-state index is 14.3. The van der Waals surface area contributed by atoms with E-state index in [2.05, 4.69) is 0 Å². The molecule has 1 spiro atoms. The lowest BCUT2D eigenvalue weighted by Crippen LogP contribution is -2.58. The van der Waals surface area contributed by atoms with Gasteiger partial charge in [-0.3, -0.25) is 14.4 Å². The molecule has 0 aliphatic carbocycles. The highest BCUT2D eigenvalue weighted by molar-refractivity contribution is 6.34. The molecule has 1 aromatic rings. The Labute approximate surface area is 209 Å². The highest BCUT2D eigenvalue weighted by Gasteiger charge is 2.72. The molecule has 186 valence electrons. The molecular formula is C26H29ClN2O6. The van der Waals surface area contributed by atoms with Gasteiger partial charge < -0.3 is 24.4 Å².